The molecule has 6 nitrogen and oxygen atoms in total. The van der Waals surface area contributed by atoms with E-state index in [0.29, 0.717) is 17.9 Å². The third-order valence-corrected chi connectivity index (χ3v) is 2.78. The van der Waals surface area contributed by atoms with E-state index in [1.165, 1.54) is 0 Å². The van der Waals surface area contributed by atoms with Crippen molar-refractivity contribution in [2.24, 2.45) is 0 Å². The van der Waals surface area contributed by atoms with Gasteiger partial charge in [-0.3, -0.25) is 4.79 Å². The Balaban J connectivity index is -0.000000463. The van der Waals surface area contributed by atoms with E-state index in [1.807, 2.05) is 6.07 Å². The Morgan fingerprint density at radius 2 is 1.50 bits per heavy atom. The first-order valence-electron chi connectivity index (χ1n) is 5.66. The Bertz CT molecular complexity index is 504. The molecular formula is C15H14CrO6. The van der Waals surface area contributed by atoms with Crippen molar-refractivity contribution in [3.8, 4) is 11.5 Å². The van der Waals surface area contributed by atoms with E-state index in [0.717, 1.165) is 24.0 Å². The molecule has 7 heteroatoms. The van der Waals surface area contributed by atoms with Crippen LogP contribution in [0.15, 0.2) is 12.1 Å². The molecule has 0 saturated carbocycles. The molecule has 1 aliphatic rings. The molecule has 116 valence electrons. The second-order valence-corrected chi connectivity index (χ2v) is 3.60. The van der Waals surface area contributed by atoms with Crippen LogP contribution < -0.4 is 9.47 Å². The quantitative estimate of drug-likeness (QED) is 0.608. The average Bonchev–Trinajstić information content (AvgIpc) is 2.59. The molecule has 0 unspecified atom stereocenters. The standard InChI is InChI=1S/C12H14O3.3CO.Cr/c1-14-11-7-6-8-9(12(11)15-2)4-3-5-10(8)13;3*1-2;/h6-7H,3-5H2,1-2H3;;;;. The van der Waals surface area contributed by atoms with E-state index in [4.69, 9.17) is 23.4 Å². The molecule has 0 aromatic heterocycles. The minimum Gasteiger partial charge on any atom is 0 e. The molecule has 2 rings (SSSR count). The fraction of sp³-hybridized carbons (Fsp3) is 0.333. The van der Waals surface area contributed by atoms with Crippen LogP contribution >= 0.6 is 0 Å². The number of methoxy groups -OCH3 is 2. The fourth-order valence-corrected chi connectivity index (χ4v) is 2.06. The number of Topliss-reactive ketones (excluding diaryl/α,β-unsaturated/α-hetero) is 1. The number of hydrogen-bond donors (Lipinski definition) is 0. The Labute approximate surface area is 140 Å². The van der Waals surface area contributed by atoms with Crippen LogP contribution in [0.4, 0.5) is 0 Å². The van der Waals surface area contributed by atoms with Crippen LogP contribution in [0, 0.1) is 20.0 Å². The smallest absolute Gasteiger partial charge is 0 e. The molecule has 0 fully saturated rings. The van der Waals surface area contributed by atoms with Gasteiger partial charge in [0, 0.05) is 34.9 Å². The summed E-state index contributed by atoms with van der Waals surface area (Å²) in [5.74, 6) is 1.62. The normalized spacial score (nSPS) is 10.3. The van der Waals surface area contributed by atoms with Gasteiger partial charge in [0.2, 0.25) is 0 Å². The molecule has 0 amide bonds. The maximum atomic E-state index is 11.7. The topological polar surface area (TPSA) is 95.2 Å². The average molecular weight is 342 g/mol. The van der Waals surface area contributed by atoms with E-state index in [-0.39, 0.29) is 23.1 Å². The zero-order valence-corrected chi connectivity index (χ0v) is 13.4. The Morgan fingerprint density at radius 1 is 0.955 bits per heavy atom. The van der Waals surface area contributed by atoms with Crippen molar-refractivity contribution >= 4 is 5.78 Å². The van der Waals surface area contributed by atoms with E-state index in [1.54, 1.807) is 20.3 Å². The second kappa shape index (κ2) is 15.6. The summed E-state index contributed by atoms with van der Waals surface area (Å²) < 4.78 is 33.0. The number of rotatable bonds is 2. The van der Waals surface area contributed by atoms with Crippen molar-refractivity contribution in [1.82, 2.24) is 0 Å². The maximum absolute atomic E-state index is 11.7. The van der Waals surface area contributed by atoms with Gasteiger partial charge in [-0.15, -0.1) is 0 Å². The summed E-state index contributed by atoms with van der Waals surface area (Å²) in [7, 11) is 3.21. The number of benzene rings is 1. The molecule has 0 spiro atoms. The van der Waals surface area contributed by atoms with Crippen LogP contribution in [0.2, 0.25) is 0 Å². The summed E-state index contributed by atoms with van der Waals surface area (Å²) in [6.45, 7) is 13.5. The first-order valence-corrected chi connectivity index (χ1v) is 5.66. The summed E-state index contributed by atoms with van der Waals surface area (Å²) in [5, 5.41) is 0. The second-order valence-electron chi connectivity index (χ2n) is 3.60. The zero-order chi connectivity index (χ0) is 16.8. The van der Waals surface area contributed by atoms with Crippen LogP contribution in [-0.2, 0) is 37.7 Å². The van der Waals surface area contributed by atoms with Crippen LogP contribution in [0.25, 0.3) is 0 Å². The van der Waals surface area contributed by atoms with Crippen molar-refractivity contribution < 1.29 is 45.6 Å². The third-order valence-electron chi connectivity index (χ3n) is 2.78. The molecule has 1 aromatic carbocycles. The number of hydrogen-bond acceptors (Lipinski definition) is 3. The number of ketones is 1. The van der Waals surface area contributed by atoms with Gasteiger partial charge in [-0.05, 0) is 25.0 Å². The Kier molecular flexibility index (Phi) is 17.9. The summed E-state index contributed by atoms with van der Waals surface area (Å²) in [6.07, 6.45) is 2.43. The van der Waals surface area contributed by atoms with Crippen molar-refractivity contribution in [2.75, 3.05) is 14.2 Å². The van der Waals surface area contributed by atoms with Gasteiger partial charge < -0.3 is 9.47 Å². The Hall–Kier alpha value is -1.76. The molecule has 1 aliphatic carbocycles. The van der Waals surface area contributed by atoms with Gasteiger partial charge in [0.05, 0.1) is 14.2 Å². The largest absolute Gasteiger partial charge is 0 e. The number of carbonyl (C=O) groups is 1. The van der Waals surface area contributed by atoms with Crippen molar-refractivity contribution in [3.63, 3.8) is 0 Å². The van der Waals surface area contributed by atoms with E-state index in [9.17, 15) is 4.79 Å². The van der Waals surface area contributed by atoms with Crippen LogP contribution in [0.1, 0.15) is 28.8 Å². The number of fused-ring (bicyclic) bond motifs is 1. The van der Waals surface area contributed by atoms with Gasteiger partial charge in [-0.1, -0.05) is 0 Å². The third kappa shape index (κ3) is 6.34. The monoisotopic (exact) mass is 342 g/mol. The minimum absolute atomic E-state index is 0. The van der Waals surface area contributed by atoms with Crippen molar-refractivity contribution in [3.05, 3.63) is 43.2 Å². The molecule has 0 radical (unpaired) electrons. The first-order chi connectivity index (χ1) is 10.3. The molecule has 0 aliphatic heterocycles. The minimum atomic E-state index is 0. The van der Waals surface area contributed by atoms with Crippen LogP contribution in [0.5, 0.6) is 11.5 Å². The van der Waals surface area contributed by atoms with Crippen molar-refractivity contribution in [2.45, 2.75) is 19.3 Å². The van der Waals surface area contributed by atoms with Gasteiger partial charge in [-0.2, -0.15) is 0 Å². The molecule has 0 N–H and O–H groups in total. The molecule has 0 saturated heterocycles. The molecular weight excluding hydrogens is 328 g/mol. The van der Waals surface area contributed by atoms with Gasteiger partial charge >= 0.3 is 33.9 Å². The van der Waals surface area contributed by atoms with Gasteiger partial charge in [-0.25, -0.2) is 0 Å². The number of carbonyl (C=O) groups excluding carboxylic acids is 1. The maximum Gasteiger partial charge on any atom is 0 e. The molecule has 1 aromatic rings. The summed E-state index contributed by atoms with van der Waals surface area (Å²) in [4.78, 5) is 11.7. The fourth-order valence-electron chi connectivity index (χ4n) is 2.06. The predicted octanol–water partition coefficient (Wildman–Crippen LogP) is 2.11. The molecule has 0 atom stereocenters. The van der Waals surface area contributed by atoms with E-state index < -0.39 is 0 Å². The molecule has 0 heterocycles. The van der Waals surface area contributed by atoms with E-state index >= 15 is 0 Å². The summed E-state index contributed by atoms with van der Waals surface area (Å²) in [6, 6.07) is 3.62. The van der Waals surface area contributed by atoms with Crippen molar-refractivity contribution in [1.29, 1.82) is 0 Å². The Morgan fingerprint density at radius 3 is 1.95 bits per heavy atom. The molecule has 22 heavy (non-hydrogen) atoms. The first kappa shape index (κ1) is 25.2. The predicted molar refractivity (Wildman–Crippen MR) is 68.6 cm³/mol. The SMILES string of the molecule is COc1ccc2c(c1OC)CCCC2=O.[C-]#[O+].[C-]#[O+].[C-]#[O+].[Cr]. The molecule has 0 bridgehead atoms. The van der Waals surface area contributed by atoms with Gasteiger partial charge in [0.15, 0.2) is 17.3 Å². The van der Waals surface area contributed by atoms with Gasteiger partial charge in [0.1, 0.15) is 0 Å². The zero-order valence-electron chi connectivity index (χ0n) is 12.1. The van der Waals surface area contributed by atoms with Crippen LogP contribution in [0.3, 0.4) is 0 Å². The summed E-state index contributed by atoms with van der Waals surface area (Å²) in [5.41, 5.74) is 1.78. The van der Waals surface area contributed by atoms with Crippen LogP contribution in [-0.4, -0.2) is 20.0 Å². The van der Waals surface area contributed by atoms with Gasteiger partial charge in [0.25, 0.3) is 0 Å². The van der Waals surface area contributed by atoms with E-state index in [2.05, 4.69) is 20.0 Å². The summed E-state index contributed by atoms with van der Waals surface area (Å²) >= 11 is 0. The number of ether oxygens (including phenoxy) is 2.